The molecule has 0 aliphatic rings. The Morgan fingerprint density at radius 1 is 1.35 bits per heavy atom. The van der Waals surface area contributed by atoms with E-state index in [1.807, 2.05) is 37.5 Å². The van der Waals surface area contributed by atoms with Crippen LogP contribution in [0.4, 0.5) is 11.5 Å². The van der Waals surface area contributed by atoms with Crippen molar-refractivity contribution in [3.8, 4) is 10.6 Å². The van der Waals surface area contributed by atoms with E-state index in [0.29, 0.717) is 12.4 Å². The number of anilines is 2. The van der Waals surface area contributed by atoms with Crippen LogP contribution in [0.25, 0.3) is 20.8 Å². The number of rotatable bonds is 4. The van der Waals surface area contributed by atoms with Crippen LogP contribution >= 0.6 is 11.3 Å². The largest absolute Gasteiger partial charge is 0.384 e. The summed E-state index contributed by atoms with van der Waals surface area (Å²) in [5, 5.41) is 14.8. The molecule has 0 aliphatic heterocycles. The second kappa shape index (κ2) is 5.40. The zero-order chi connectivity index (χ0) is 15.8. The van der Waals surface area contributed by atoms with Crippen molar-refractivity contribution in [3.63, 3.8) is 0 Å². The summed E-state index contributed by atoms with van der Waals surface area (Å²) in [6.45, 7) is 0.636. The van der Waals surface area contributed by atoms with E-state index >= 15 is 0 Å². The predicted octanol–water partition coefficient (Wildman–Crippen LogP) is 2.61. The molecule has 4 heterocycles. The molecule has 4 rings (SSSR count). The maximum atomic E-state index is 5.94. The molecule has 8 heteroatoms. The van der Waals surface area contributed by atoms with E-state index in [4.69, 9.17) is 5.73 Å². The van der Waals surface area contributed by atoms with Crippen molar-refractivity contribution < 1.29 is 0 Å². The van der Waals surface area contributed by atoms with Gasteiger partial charge < -0.3 is 11.1 Å². The molecule has 7 nitrogen and oxygen atoms in total. The number of hydrogen-bond acceptors (Lipinski definition) is 6. The molecule has 4 aromatic heterocycles. The maximum absolute atomic E-state index is 5.94. The summed E-state index contributed by atoms with van der Waals surface area (Å²) in [6, 6.07) is 7.81. The van der Waals surface area contributed by atoms with Gasteiger partial charge in [-0.15, -0.1) is 11.3 Å². The fourth-order valence-electron chi connectivity index (χ4n) is 2.44. The van der Waals surface area contributed by atoms with Gasteiger partial charge in [-0.05, 0) is 18.2 Å². The van der Waals surface area contributed by atoms with Crippen molar-refractivity contribution in [1.29, 1.82) is 0 Å². The Hall–Kier alpha value is -2.87. The number of nitrogen functional groups attached to an aromatic ring is 1. The first-order valence-corrected chi connectivity index (χ1v) is 7.93. The smallest absolute Gasteiger partial charge is 0.126 e. The van der Waals surface area contributed by atoms with Gasteiger partial charge in [0.15, 0.2) is 0 Å². The number of fused-ring (bicyclic) bond motifs is 1. The van der Waals surface area contributed by atoms with E-state index < -0.39 is 0 Å². The van der Waals surface area contributed by atoms with Crippen LogP contribution in [-0.4, -0.2) is 25.0 Å². The van der Waals surface area contributed by atoms with Gasteiger partial charge in [-0.1, -0.05) is 0 Å². The first-order valence-electron chi connectivity index (χ1n) is 7.11. The van der Waals surface area contributed by atoms with Gasteiger partial charge in [0.05, 0.1) is 38.7 Å². The third kappa shape index (κ3) is 2.64. The zero-order valence-corrected chi connectivity index (χ0v) is 13.3. The first-order chi connectivity index (χ1) is 11.2. The Morgan fingerprint density at radius 3 is 3.00 bits per heavy atom. The maximum Gasteiger partial charge on any atom is 0.126 e. The minimum absolute atomic E-state index is 0.495. The third-order valence-corrected chi connectivity index (χ3v) is 4.68. The van der Waals surface area contributed by atoms with Gasteiger partial charge in [0.25, 0.3) is 0 Å². The van der Waals surface area contributed by atoms with Crippen LogP contribution in [0.15, 0.2) is 36.7 Å². The summed E-state index contributed by atoms with van der Waals surface area (Å²) in [5.74, 6) is 0.495. The number of nitrogens with zero attached hydrogens (tertiary/aromatic N) is 4. The van der Waals surface area contributed by atoms with Crippen molar-refractivity contribution in [1.82, 2.24) is 25.0 Å². The van der Waals surface area contributed by atoms with Crippen molar-refractivity contribution in [2.45, 2.75) is 6.54 Å². The molecule has 0 aliphatic carbocycles. The molecule has 23 heavy (non-hydrogen) atoms. The van der Waals surface area contributed by atoms with Crippen molar-refractivity contribution in [2.24, 2.45) is 7.05 Å². The lowest BCUT2D eigenvalue weighted by molar-refractivity contribution is 0.747. The summed E-state index contributed by atoms with van der Waals surface area (Å²) < 4.78 is 2.86. The molecule has 0 radical (unpaired) electrons. The number of aromatic nitrogens is 5. The quantitative estimate of drug-likeness (QED) is 0.536. The van der Waals surface area contributed by atoms with Crippen LogP contribution < -0.4 is 11.1 Å². The van der Waals surface area contributed by atoms with Gasteiger partial charge in [-0.3, -0.25) is 9.78 Å². The first kappa shape index (κ1) is 13.8. The second-order valence-corrected chi connectivity index (χ2v) is 6.28. The van der Waals surface area contributed by atoms with Crippen LogP contribution in [0.1, 0.15) is 5.69 Å². The van der Waals surface area contributed by atoms with E-state index in [-0.39, 0.29) is 0 Å². The topological polar surface area (TPSA) is 97.4 Å². The summed E-state index contributed by atoms with van der Waals surface area (Å²) in [4.78, 5) is 5.50. The number of nitrogens with two attached hydrogens (primary N) is 1. The van der Waals surface area contributed by atoms with Crippen molar-refractivity contribution in [3.05, 3.63) is 42.4 Å². The molecule has 4 aromatic rings. The Labute approximate surface area is 136 Å². The molecule has 4 N–H and O–H groups in total. The van der Waals surface area contributed by atoms with E-state index in [1.165, 1.54) is 0 Å². The van der Waals surface area contributed by atoms with Crippen LogP contribution in [0.2, 0.25) is 0 Å². The SMILES string of the molecule is Cn1ccc(CNc2cc(N)nc3cc(-c4ccn[nH]4)sc23)n1. The average molecular weight is 325 g/mol. The highest BCUT2D eigenvalue weighted by atomic mass is 32.1. The van der Waals surface area contributed by atoms with Gasteiger partial charge >= 0.3 is 0 Å². The van der Waals surface area contributed by atoms with E-state index in [0.717, 1.165) is 32.2 Å². The molecule has 0 unspecified atom stereocenters. The fourth-order valence-corrected chi connectivity index (χ4v) is 3.51. The summed E-state index contributed by atoms with van der Waals surface area (Å²) >= 11 is 1.65. The van der Waals surface area contributed by atoms with Crippen LogP contribution in [-0.2, 0) is 13.6 Å². The standard InChI is InChI=1S/C15H15N7S/c1-22-5-3-9(21-22)8-17-11-7-14(16)19-12-6-13(23-15(11)12)10-2-4-18-20-10/h2-7H,8H2,1H3,(H,18,20)(H3,16,17,19). The highest BCUT2D eigenvalue weighted by Gasteiger charge is 2.11. The molecule has 0 spiro atoms. The summed E-state index contributed by atoms with van der Waals surface area (Å²) in [5.41, 5.74) is 9.73. The minimum atomic E-state index is 0.495. The van der Waals surface area contributed by atoms with Gasteiger partial charge in [-0.2, -0.15) is 10.2 Å². The molecule has 0 saturated carbocycles. The van der Waals surface area contributed by atoms with Gasteiger partial charge in [-0.25, -0.2) is 4.98 Å². The lowest BCUT2D eigenvalue weighted by Gasteiger charge is -2.06. The molecule has 0 atom stereocenters. The monoisotopic (exact) mass is 325 g/mol. The number of nitrogens with one attached hydrogen (secondary N) is 2. The average Bonchev–Trinajstić information content (AvgIpc) is 3.24. The fraction of sp³-hybridized carbons (Fsp3) is 0.133. The normalized spacial score (nSPS) is 11.2. The number of aromatic amines is 1. The minimum Gasteiger partial charge on any atom is -0.384 e. The molecular formula is C15H15N7S. The number of aryl methyl sites for hydroxylation is 1. The van der Waals surface area contributed by atoms with Gasteiger partial charge in [0, 0.05) is 25.5 Å². The van der Waals surface area contributed by atoms with Crippen LogP contribution in [0.3, 0.4) is 0 Å². The van der Waals surface area contributed by atoms with E-state index in [9.17, 15) is 0 Å². The summed E-state index contributed by atoms with van der Waals surface area (Å²) in [6.07, 6.45) is 3.66. The Morgan fingerprint density at radius 2 is 2.26 bits per heavy atom. The Bertz CT molecular complexity index is 952. The van der Waals surface area contributed by atoms with Crippen molar-refractivity contribution in [2.75, 3.05) is 11.1 Å². The summed E-state index contributed by atoms with van der Waals surface area (Å²) in [7, 11) is 1.90. The molecule has 0 fully saturated rings. The number of thiophene rings is 1. The zero-order valence-electron chi connectivity index (χ0n) is 12.4. The molecular weight excluding hydrogens is 310 g/mol. The highest BCUT2D eigenvalue weighted by Crippen LogP contribution is 2.36. The van der Waals surface area contributed by atoms with Crippen LogP contribution in [0.5, 0.6) is 0 Å². The Kier molecular flexibility index (Phi) is 3.23. The number of H-pyrrole nitrogens is 1. The van der Waals surface area contributed by atoms with Crippen molar-refractivity contribution >= 4 is 33.1 Å². The predicted molar refractivity (Wildman–Crippen MR) is 92.1 cm³/mol. The third-order valence-electron chi connectivity index (χ3n) is 3.49. The Balaban J connectivity index is 1.70. The molecule has 116 valence electrons. The molecule has 0 amide bonds. The lowest BCUT2D eigenvalue weighted by atomic mass is 10.3. The lowest BCUT2D eigenvalue weighted by Crippen LogP contribution is -2.02. The van der Waals surface area contributed by atoms with Crippen LogP contribution in [0, 0.1) is 0 Å². The number of hydrogen-bond donors (Lipinski definition) is 3. The second-order valence-electron chi connectivity index (χ2n) is 5.22. The molecule has 0 saturated heterocycles. The van der Waals surface area contributed by atoms with Gasteiger partial charge in [0.1, 0.15) is 5.82 Å². The van der Waals surface area contributed by atoms with E-state index in [2.05, 4.69) is 25.6 Å². The number of pyridine rings is 1. The molecule has 0 aromatic carbocycles. The molecule has 0 bridgehead atoms. The van der Waals surface area contributed by atoms with E-state index in [1.54, 1.807) is 22.2 Å². The van der Waals surface area contributed by atoms with Gasteiger partial charge in [0.2, 0.25) is 0 Å². The highest BCUT2D eigenvalue weighted by molar-refractivity contribution is 7.22.